The molecule has 0 fully saturated rings. The zero-order valence-electron chi connectivity index (χ0n) is 18.6. The van der Waals surface area contributed by atoms with Gasteiger partial charge in [-0.05, 0) is 37.6 Å². The van der Waals surface area contributed by atoms with E-state index in [9.17, 15) is 23.3 Å². The Kier molecular flexibility index (Phi) is 6.25. The van der Waals surface area contributed by atoms with Gasteiger partial charge in [0.1, 0.15) is 11.2 Å². The van der Waals surface area contributed by atoms with Crippen LogP contribution in [0.5, 0.6) is 0 Å². The number of nitrogens with zero attached hydrogens (tertiary/aromatic N) is 2. The molecule has 0 radical (unpaired) electrons. The van der Waals surface area contributed by atoms with Crippen molar-refractivity contribution in [3.63, 3.8) is 0 Å². The average molecular weight is 482 g/mol. The predicted octanol–water partition coefficient (Wildman–Crippen LogP) is 4.99. The number of para-hydroxylation sites is 1. The minimum Gasteiger partial charge on any atom is -0.456 e. The quantitative estimate of drug-likeness (QED) is 0.279. The molecule has 0 saturated carbocycles. The second kappa shape index (κ2) is 9.14. The Morgan fingerprint density at radius 2 is 1.79 bits per heavy atom. The molecule has 0 aliphatic heterocycles. The maximum Gasteiger partial charge on any atom is 0.274 e. The number of anilines is 2. The second-order valence-corrected chi connectivity index (χ2v) is 9.88. The smallest absolute Gasteiger partial charge is 0.274 e. The summed E-state index contributed by atoms with van der Waals surface area (Å²) in [6.07, 6.45) is 1.33. The molecule has 176 valence electrons. The molecule has 4 rings (SSSR count). The van der Waals surface area contributed by atoms with Crippen molar-refractivity contribution in [2.75, 3.05) is 22.4 Å². The number of furan rings is 1. The van der Waals surface area contributed by atoms with Gasteiger partial charge in [0.05, 0.1) is 22.4 Å². The first-order chi connectivity index (χ1) is 16.1. The lowest BCUT2D eigenvalue weighted by Gasteiger charge is -2.24. The van der Waals surface area contributed by atoms with Crippen LogP contribution in [0, 0.1) is 17.0 Å². The Hall–Kier alpha value is -3.92. The summed E-state index contributed by atoms with van der Waals surface area (Å²) in [5.74, 6) is -0.278. The van der Waals surface area contributed by atoms with E-state index in [1.807, 2.05) is 30.3 Å². The molecular weight excluding hydrogens is 458 g/mol. The number of fused-ring (bicyclic) bond motifs is 3. The number of hydrogen-bond donors (Lipinski definition) is 1. The lowest BCUT2D eigenvalue weighted by atomic mass is 10.1. The Morgan fingerprint density at radius 3 is 2.53 bits per heavy atom. The highest BCUT2D eigenvalue weighted by Crippen LogP contribution is 2.31. The molecule has 1 amide bonds. The third-order valence-corrected chi connectivity index (χ3v) is 6.75. The molecular formula is C24H23N3O6S. The number of amides is 1. The van der Waals surface area contributed by atoms with Gasteiger partial charge < -0.3 is 9.73 Å². The molecule has 34 heavy (non-hydrogen) atoms. The minimum atomic E-state index is -3.71. The molecule has 3 aromatic carbocycles. The van der Waals surface area contributed by atoms with Gasteiger partial charge in [0.2, 0.25) is 15.9 Å². The number of carbonyl (C=O) groups is 1. The first kappa shape index (κ1) is 23.2. The van der Waals surface area contributed by atoms with Crippen LogP contribution < -0.4 is 9.62 Å². The average Bonchev–Trinajstić information content (AvgIpc) is 3.14. The number of carbonyl (C=O) groups excluding carboxylic acids is 1. The van der Waals surface area contributed by atoms with E-state index in [4.69, 9.17) is 4.42 Å². The molecule has 0 spiro atoms. The third kappa shape index (κ3) is 4.72. The van der Waals surface area contributed by atoms with E-state index in [1.54, 1.807) is 12.1 Å². The van der Waals surface area contributed by atoms with Crippen molar-refractivity contribution in [1.29, 1.82) is 0 Å². The fraction of sp³-hybridized carbons (Fsp3) is 0.208. The molecule has 0 aliphatic rings. The van der Waals surface area contributed by atoms with Crippen LogP contribution in [0.3, 0.4) is 0 Å². The van der Waals surface area contributed by atoms with Crippen molar-refractivity contribution in [2.24, 2.45) is 0 Å². The molecule has 4 aromatic rings. The van der Waals surface area contributed by atoms with Crippen LogP contribution in [-0.2, 0) is 14.8 Å². The number of rotatable bonds is 8. The van der Waals surface area contributed by atoms with Gasteiger partial charge in [-0.3, -0.25) is 19.2 Å². The fourth-order valence-electron chi connectivity index (χ4n) is 3.95. The lowest BCUT2D eigenvalue weighted by Crippen LogP contribution is -2.32. The molecule has 9 nitrogen and oxygen atoms in total. The van der Waals surface area contributed by atoms with E-state index in [2.05, 4.69) is 5.32 Å². The predicted molar refractivity (Wildman–Crippen MR) is 132 cm³/mol. The topological polar surface area (TPSA) is 123 Å². The van der Waals surface area contributed by atoms with E-state index in [0.29, 0.717) is 11.3 Å². The van der Waals surface area contributed by atoms with Gasteiger partial charge in [-0.15, -0.1) is 0 Å². The third-order valence-electron chi connectivity index (χ3n) is 5.57. The summed E-state index contributed by atoms with van der Waals surface area (Å²) in [5.41, 5.74) is 2.31. The number of nitro benzene ring substituents is 1. The Morgan fingerprint density at radius 1 is 1.06 bits per heavy atom. The van der Waals surface area contributed by atoms with Gasteiger partial charge in [-0.2, -0.15) is 0 Å². The van der Waals surface area contributed by atoms with Crippen LogP contribution in [0.2, 0.25) is 0 Å². The summed E-state index contributed by atoms with van der Waals surface area (Å²) >= 11 is 0. The van der Waals surface area contributed by atoms with Gasteiger partial charge >= 0.3 is 0 Å². The number of benzene rings is 3. The molecule has 1 N–H and O–H groups in total. The first-order valence-electron chi connectivity index (χ1n) is 10.6. The first-order valence-corrected chi connectivity index (χ1v) is 12.4. The van der Waals surface area contributed by atoms with E-state index >= 15 is 0 Å². The van der Waals surface area contributed by atoms with Gasteiger partial charge in [0.25, 0.3) is 5.69 Å². The van der Waals surface area contributed by atoms with Gasteiger partial charge in [0.15, 0.2) is 0 Å². The lowest BCUT2D eigenvalue weighted by molar-refractivity contribution is -0.385. The summed E-state index contributed by atoms with van der Waals surface area (Å²) in [5, 5.41) is 16.0. The Labute approximate surface area is 196 Å². The molecule has 10 heteroatoms. The van der Waals surface area contributed by atoms with Crippen molar-refractivity contribution in [3.05, 3.63) is 76.3 Å². The van der Waals surface area contributed by atoms with Crippen molar-refractivity contribution in [1.82, 2.24) is 0 Å². The number of sulfonamides is 1. The highest BCUT2D eigenvalue weighted by Gasteiger charge is 2.23. The summed E-state index contributed by atoms with van der Waals surface area (Å²) in [6.45, 7) is 1.52. The highest BCUT2D eigenvalue weighted by atomic mass is 32.2. The van der Waals surface area contributed by atoms with Crippen LogP contribution in [0.1, 0.15) is 18.4 Å². The molecule has 0 aliphatic carbocycles. The van der Waals surface area contributed by atoms with E-state index in [0.717, 1.165) is 26.9 Å². The van der Waals surface area contributed by atoms with Crippen molar-refractivity contribution < 1.29 is 22.6 Å². The molecule has 1 heterocycles. The molecule has 1 aromatic heterocycles. The largest absolute Gasteiger partial charge is 0.456 e. The maximum atomic E-state index is 12.5. The van der Waals surface area contributed by atoms with Crippen LogP contribution in [0.4, 0.5) is 17.1 Å². The zero-order valence-corrected chi connectivity index (χ0v) is 19.5. The van der Waals surface area contributed by atoms with Gasteiger partial charge in [-0.25, -0.2) is 8.42 Å². The van der Waals surface area contributed by atoms with Crippen molar-refractivity contribution in [3.8, 4) is 0 Å². The van der Waals surface area contributed by atoms with Crippen LogP contribution in [0.15, 0.2) is 65.1 Å². The molecule has 0 bridgehead atoms. The monoisotopic (exact) mass is 481 g/mol. The number of nitrogens with one attached hydrogen (secondary N) is 1. The van der Waals surface area contributed by atoms with Crippen LogP contribution in [0.25, 0.3) is 21.9 Å². The minimum absolute atomic E-state index is 0.0108. The number of hydrogen-bond acceptors (Lipinski definition) is 6. The molecule has 0 unspecified atom stereocenters. The van der Waals surface area contributed by atoms with E-state index in [1.165, 1.54) is 25.1 Å². The summed E-state index contributed by atoms with van der Waals surface area (Å²) in [7, 11) is -3.71. The van der Waals surface area contributed by atoms with Gasteiger partial charge in [-0.1, -0.05) is 24.3 Å². The van der Waals surface area contributed by atoms with Crippen molar-refractivity contribution >= 4 is 54.9 Å². The fourth-order valence-corrected chi connectivity index (χ4v) is 4.97. The molecule has 0 atom stereocenters. The number of nitro groups is 1. The highest BCUT2D eigenvalue weighted by molar-refractivity contribution is 7.92. The maximum absolute atomic E-state index is 12.5. The Bertz CT molecular complexity index is 1510. The zero-order chi connectivity index (χ0) is 24.5. The summed E-state index contributed by atoms with van der Waals surface area (Å²) in [4.78, 5) is 23.2. The summed E-state index contributed by atoms with van der Waals surface area (Å²) in [6, 6.07) is 17.4. The molecule has 0 saturated heterocycles. The Balaban J connectivity index is 1.44. The SMILES string of the molecule is Cc1c(N(CCCC(=O)Nc2ccc3c(c2)oc2ccccc23)S(C)(=O)=O)cccc1[N+](=O)[O-]. The van der Waals surface area contributed by atoms with E-state index in [-0.39, 0.29) is 42.2 Å². The van der Waals surface area contributed by atoms with Crippen LogP contribution >= 0.6 is 0 Å². The van der Waals surface area contributed by atoms with Crippen LogP contribution in [-0.4, -0.2) is 32.0 Å². The van der Waals surface area contributed by atoms with E-state index < -0.39 is 14.9 Å². The normalized spacial score (nSPS) is 11.6. The van der Waals surface area contributed by atoms with Gasteiger partial charge in [0, 0.05) is 41.6 Å². The standard InChI is InChI=1S/C24H23N3O6S/c1-16-20(8-5-9-21(16)27(29)30)26(34(2,31)32)14-6-11-24(28)25-17-12-13-19-18-7-3-4-10-22(18)33-23(19)15-17/h3-5,7-10,12-13,15H,6,11,14H2,1-2H3,(H,25,28). The second-order valence-electron chi connectivity index (χ2n) is 7.97. The van der Waals surface area contributed by atoms with Crippen molar-refractivity contribution in [2.45, 2.75) is 19.8 Å². The summed E-state index contributed by atoms with van der Waals surface area (Å²) < 4.78 is 31.7.